The number of aromatic nitrogens is 5. The third-order valence-electron chi connectivity index (χ3n) is 3.12. The van der Waals surface area contributed by atoms with Gasteiger partial charge in [0.15, 0.2) is 0 Å². The zero-order chi connectivity index (χ0) is 15.6. The van der Waals surface area contributed by atoms with Gasteiger partial charge in [-0.15, -0.1) is 32.9 Å². The van der Waals surface area contributed by atoms with Crippen molar-refractivity contribution < 1.29 is 0 Å². The van der Waals surface area contributed by atoms with Gasteiger partial charge in [-0.25, -0.2) is 4.98 Å². The van der Waals surface area contributed by atoms with Gasteiger partial charge in [-0.3, -0.25) is 0 Å². The van der Waals surface area contributed by atoms with E-state index in [2.05, 4.69) is 26.5 Å². The second-order valence-corrected chi connectivity index (χ2v) is 7.02. The van der Waals surface area contributed by atoms with E-state index < -0.39 is 0 Å². The van der Waals surface area contributed by atoms with Gasteiger partial charge in [-0.05, 0) is 28.8 Å². The summed E-state index contributed by atoms with van der Waals surface area (Å²) < 4.78 is 0. The van der Waals surface area contributed by atoms with Gasteiger partial charge in [-0.2, -0.15) is 4.80 Å². The van der Waals surface area contributed by atoms with E-state index >= 15 is 0 Å². The minimum atomic E-state index is 0.495. The molecular formula is C15H10ClN5S2. The van der Waals surface area contributed by atoms with Crippen LogP contribution in [0, 0.1) is 0 Å². The Labute approximate surface area is 145 Å². The van der Waals surface area contributed by atoms with E-state index in [-0.39, 0.29) is 0 Å². The molecule has 0 saturated heterocycles. The molecule has 23 heavy (non-hydrogen) atoms. The number of tetrazole rings is 1. The lowest BCUT2D eigenvalue weighted by atomic mass is 10.2. The Balaban J connectivity index is 1.54. The molecule has 0 N–H and O–H groups in total. The van der Waals surface area contributed by atoms with E-state index in [1.165, 1.54) is 4.88 Å². The van der Waals surface area contributed by atoms with Crippen LogP contribution in [0.4, 0.5) is 0 Å². The number of nitrogens with zero attached hydrogens (tertiary/aromatic N) is 5. The minimum Gasteiger partial charge on any atom is -0.238 e. The van der Waals surface area contributed by atoms with E-state index in [9.17, 15) is 0 Å². The number of benzene rings is 1. The zero-order valence-corrected chi connectivity index (χ0v) is 14.1. The lowest BCUT2D eigenvalue weighted by Crippen LogP contribution is -2.04. The first-order valence-corrected chi connectivity index (χ1v) is 8.94. The summed E-state index contributed by atoms with van der Waals surface area (Å²) in [5.74, 6) is 0.557. The largest absolute Gasteiger partial charge is 0.238 e. The topological polar surface area (TPSA) is 56.5 Å². The van der Waals surface area contributed by atoms with Crippen LogP contribution in [0.5, 0.6) is 0 Å². The van der Waals surface area contributed by atoms with E-state index in [1.807, 2.05) is 41.1 Å². The molecule has 1 aromatic carbocycles. The van der Waals surface area contributed by atoms with Gasteiger partial charge in [0.05, 0.1) is 10.6 Å². The van der Waals surface area contributed by atoms with Crippen molar-refractivity contribution in [3.8, 4) is 21.3 Å². The smallest absolute Gasteiger partial charge is 0.204 e. The van der Waals surface area contributed by atoms with Crippen molar-refractivity contribution in [2.24, 2.45) is 0 Å². The fourth-order valence-corrected chi connectivity index (χ4v) is 3.91. The standard InChI is InChI=1S/C15H10ClN5S2/c16-11-4-1-3-10(7-11)14-18-20-21(19-14)8-12-9-23-15(17-12)13-5-2-6-22-13/h1-7,9H,8H2. The molecule has 0 aliphatic carbocycles. The highest BCUT2D eigenvalue weighted by molar-refractivity contribution is 7.20. The predicted molar refractivity (Wildman–Crippen MR) is 92.8 cm³/mol. The van der Waals surface area contributed by atoms with Crippen LogP contribution in [0.15, 0.2) is 47.2 Å². The molecular weight excluding hydrogens is 350 g/mol. The number of hydrogen-bond donors (Lipinski definition) is 0. The molecule has 114 valence electrons. The molecule has 0 aliphatic heterocycles. The lowest BCUT2D eigenvalue weighted by Gasteiger charge is -1.95. The van der Waals surface area contributed by atoms with Gasteiger partial charge in [0.2, 0.25) is 5.82 Å². The van der Waals surface area contributed by atoms with E-state index in [0.29, 0.717) is 17.4 Å². The summed E-state index contributed by atoms with van der Waals surface area (Å²) in [6, 6.07) is 11.5. The van der Waals surface area contributed by atoms with Gasteiger partial charge in [0.25, 0.3) is 0 Å². The third kappa shape index (κ3) is 3.17. The van der Waals surface area contributed by atoms with Crippen molar-refractivity contribution in [2.45, 2.75) is 6.54 Å². The molecule has 0 fully saturated rings. The van der Waals surface area contributed by atoms with Crippen molar-refractivity contribution in [1.82, 2.24) is 25.2 Å². The zero-order valence-electron chi connectivity index (χ0n) is 11.8. The van der Waals surface area contributed by atoms with Crippen LogP contribution >= 0.6 is 34.3 Å². The van der Waals surface area contributed by atoms with Crippen molar-refractivity contribution in [3.63, 3.8) is 0 Å². The molecule has 0 saturated carbocycles. The summed E-state index contributed by atoms with van der Waals surface area (Å²) in [7, 11) is 0. The van der Waals surface area contributed by atoms with Crippen molar-refractivity contribution in [3.05, 3.63) is 57.9 Å². The highest BCUT2D eigenvalue weighted by Gasteiger charge is 2.10. The Morgan fingerprint density at radius 2 is 2.09 bits per heavy atom. The van der Waals surface area contributed by atoms with Gasteiger partial charge in [-0.1, -0.05) is 29.8 Å². The van der Waals surface area contributed by atoms with Crippen LogP contribution in [0.3, 0.4) is 0 Å². The van der Waals surface area contributed by atoms with E-state index in [4.69, 9.17) is 11.6 Å². The Morgan fingerprint density at radius 3 is 2.91 bits per heavy atom. The summed E-state index contributed by atoms with van der Waals surface area (Å²) in [5.41, 5.74) is 1.77. The molecule has 4 rings (SSSR count). The van der Waals surface area contributed by atoms with Crippen LogP contribution in [-0.4, -0.2) is 25.2 Å². The van der Waals surface area contributed by atoms with Crippen molar-refractivity contribution >= 4 is 34.3 Å². The first-order valence-electron chi connectivity index (χ1n) is 6.80. The summed E-state index contributed by atoms with van der Waals surface area (Å²) in [5, 5.41) is 18.3. The highest BCUT2D eigenvalue weighted by atomic mass is 35.5. The number of rotatable bonds is 4. The molecule has 0 bridgehead atoms. The molecule has 0 atom stereocenters. The minimum absolute atomic E-state index is 0.495. The maximum Gasteiger partial charge on any atom is 0.204 e. The van der Waals surface area contributed by atoms with E-state index in [0.717, 1.165) is 16.3 Å². The van der Waals surface area contributed by atoms with Crippen LogP contribution in [0.25, 0.3) is 21.3 Å². The molecule has 3 heterocycles. The third-order valence-corrected chi connectivity index (χ3v) is 5.29. The van der Waals surface area contributed by atoms with Gasteiger partial charge in [0.1, 0.15) is 11.6 Å². The quantitative estimate of drug-likeness (QED) is 0.547. The molecule has 5 nitrogen and oxygen atoms in total. The summed E-state index contributed by atoms with van der Waals surface area (Å²) in [6.45, 7) is 0.495. The maximum absolute atomic E-state index is 5.99. The normalized spacial score (nSPS) is 11.0. The second-order valence-electron chi connectivity index (χ2n) is 4.78. The van der Waals surface area contributed by atoms with Crippen LogP contribution < -0.4 is 0 Å². The molecule has 0 radical (unpaired) electrons. The predicted octanol–water partition coefficient (Wildman–Crippen LogP) is 4.23. The fraction of sp³-hybridized carbons (Fsp3) is 0.0667. The van der Waals surface area contributed by atoms with Gasteiger partial charge < -0.3 is 0 Å². The molecule has 8 heteroatoms. The van der Waals surface area contributed by atoms with Crippen LogP contribution in [-0.2, 0) is 6.54 Å². The van der Waals surface area contributed by atoms with Gasteiger partial charge >= 0.3 is 0 Å². The average Bonchev–Trinajstić information content (AvgIpc) is 3.29. The number of hydrogen-bond acceptors (Lipinski definition) is 6. The Kier molecular flexibility index (Phi) is 3.90. The van der Waals surface area contributed by atoms with Crippen LogP contribution in [0.1, 0.15) is 5.69 Å². The fourth-order valence-electron chi connectivity index (χ4n) is 2.09. The van der Waals surface area contributed by atoms with Crippen LogP contribution in [0.2, 0.25) is 5.02 Å². The number of thiazole rings is 1. The number of halogens is 1. The lowest BCUT2D eigenvalue weighted by molar-refractivity contribution is 0.566. The highest BCUT2D eigenvalue weighted by Crippen LogP contribution is 2.28. The Morgan fingerprint density at radius 1 is 1.13 bits per heavy atom. The number of thiophene rings is 1. The van der Waals surface area contributed by atoms with Crippen molar-refractivity contribution in [2.75, 3.05) is 0 Å². The Bertz CT molecular complexity index is 929. The maximum atomic E-state index is 5.99. The molecule has 0 aliphatic rings. The summed E-state index contributed by atoms with van der Waals surface area (Å²) >= 11 is 9.30. The van der Waals surface area contributed by atoms with Crippen molar-refractivity contribution in [1.29, 1.82) is 0 Å². The first kappa shape index (κ1) is 14.5. The summed E-state index contributed by atoms with van der Waals surface area (Å²) in [4.78, 5) is 7.34. The SMILES string of the molecule is Clc1cccc(-c2nnn(Cc3csc(-c4cccs4)n3)n2)c1. The molecule has 0 amide bonds. The van der Waals surface area contributed by atoms with Gasteiger partial charge in [0, 0.05) is 16.0 Å². The second kappa shape index (κ2) is 6.19. The Hall–Kier alpha value is -2.09. The molecule has 3 aromatic heterocycles. The molecule has 0 spiro atoms. The van der Waals surface area contributed by atoms with E-state index in [1.54, 1.807) is 27.5 Å². The molecule has 4 aromatic rings. The summed E-state index contributed by atoms with van der Waals surface area (Å²) in [6.07, 6.45) is 0. The molecule has 0 unspecified atom stereocenters. The monoisotopic (exact) mass is 359 g/mol. The first-order chi connectivity index (χ1) is 11.3. The average molecular weight is 360 g/mol.